The second-order valence-electron chi connectivity index (χ2n) is 9.24. The molecule has 1 aliphatic rings. The van der Waals surface area contributed by atoms with E-state index in [-0.39, 0.29) is 12.5 Å². The minimum Gasteiger partial charge on any atom is -0.494 e. The molecule has 0 spiro atoms. The highest BCUT2D eigenvalue weighted by Gasteiger charge is 2.28. The van der Waals surface area contributed by atoms with E-state index in [0.29, 0.717) is 44.1 Å². The Bertz CT molecular complexity index is 1670. The van der Waals surface area contributed by atoms with Gasteiger partial charge in [-0.1, -0.05) is 25.1 Å². The number of likely N-dealkylation sites (N-methyl/N-ethyl adjacent to an activating group) is 1. The number of aromatic nitrogens is 1. The summed E-state index contributed by atoms with van der Waals surface area (Å²) in [5, 5.41) is 13.0. The smallest absolute Gasteiger partial charge is 0.341 e. The van der Waals surface area contributed by atoms with Gasteiger partial charge in [-0.05, 0) is 43.7 Å². The predicted octanol–water partition coefficient (Wildman–Crippen LogP) is 5.08. The summed E-state index contributed by atoms with van der Waals surface area (Å²) in [6, 6.07) is 12.0. The number of benzene rings is 2. The summed E-state index contributed by atoms with van der Waals surface area (Å²) >= 11 is 1.46. The fourth-order valence-corrected chi connectivity index (χ4v) is 6.25. The van der Waals surface area contributed by atoms with Crippen LogP contribution in [0.1, 0.15) is 40.2 Å². The third-order valence-electron chi connectivity index (χ3n) is 7.08. The van der Waals surface area contributed by atoms with Crippen LogP contribution in [0.15, 0.2) is 52.3 Å². The highest BCUT2D eigenvalue weighted by Crippen LogP contribution is 2.40. The minimum atomic E-state index is -0.401. The average molecular weight is 562 g/mol. The van der Waals surface area contributed by atoms with Gasteiger partial charge in [0, 0.05) is 41.0 Å². The van der Waals surface area contributed by atoms with Gasteiger partial charge in [-0.15, -0.1) is 11.3 Å². The Morgan fingerprint density at radius 1 is 1.10 bits per heavy atom. The second-order valence-corrected chi connectivity index (χ2v) is 10.3. The third-order valence-corrected chi connectivity index (χ3v) is 8.21. The van der Waals surface area contributed by atoms with Crippen LogP contribution in [0, 0.1) is 0 Å². The number of methoxy groups -OCH3 is 2. The van der Waals surface area contributed by atoms with E-state index in [9.17, 15) is 14.7 Å². The minimum absolute atomic E-state index is 0.259. The first-order valence-corrected chi connectivity index (χ1v) is 13.9. The monoisotopic (exact) mass is 561 g/mol. The number of thiophene rings is 1. The molecule has 5 rings (SSSR count). The van der Waals surface area contributed by atoms with Gasteiger partial charge >= 0.3 is 5.97 Å². The summed E-state index contributed by atoms with van der Waals surface area (Å²) < 4.78 is 17.4. The summed E-state index contributed by atoms with van der Waals surface area (Å²) in [5.41, 5.74) is 1.81. The molecule has 3 heterocycles. The average Bonchev–Trinajstić information content (AvgIpc) is 3.34. The van der Waals surface area contributed by atoms with Crippen LogP contribution in [0.3, 0.4) is 0 Å². The number of hydrogen-bond donors (Lipinski definition) is 1. The molecule has 0 aliphatic carbocycles. The Morgan fingerprint density at radius 3 is 2.55 bits per heavy atom. The molecule has 0 atom stereocenters. The largest absolute Gasteiger partial charge is 0.494 e. The van der Waals surface area contributed by atoms with Gasteiger partial charge < -0.3 is 19.3 Å². The zero-order chi connectivity index (χ0) is 28.4. The van der Waals surface area contributed by atoms with Crippen molar-refractivity contribution in [2.75, 3.05) is 33.9 Å². The SMILES string of the molecule is CCOC(=O)c1c(/N=C/c2c(O)n(-c3ccc(OC)c(OC)c3)c(=O)c3ccccc23)sc2c1CCN(CC)C2. The first kappa shape index (κ1) is 27.4. The first-order valence-electron chi connectivity index (χ1n) is 13.1. The predicted molar refractivity (Wildman–Crippen MR) is 156 cm³/mol. The van der Waals surface area contributed by atoms with E-state index in [2.05, 4.69) is 11.8 Å². The van der Waals surface area contributed by atoms with Crippen molar-refractivity contribution in [3.8, 4) is 23.1 Å². The standard InChI is InChI=1S/C30H31N3O6S/c1-5-32-14-13-21-25(17-32)40-27(26(21)30(36)39-6-2)31-16-22-19-9-7-8-10-20(19)28(34)33(29(22)35)18-11-12-23(37-3)24(15-18)38-4/h7-12,15-16,35H,5-6,13-14,17H2,1-4H3/b31-16+. The lowest BCUT2D eigenvalue weighted by Gasteiger charge is -2.25. The molecular weight excluding hydrogens is 530 g/mol. The van der Waals surface area contributed by atoms with Crippen LogP contribution in [-0.4, -0.2) is 60.7 Å². The van der Waals surface area contributed by atoms with Crippen molar-refractivity contribution in [3.05, 3.63) is 74.4 Å². The molecule has 9 nitrogen and oxygen atoms in total. The lowest BCUT2D eigenvalue weighted by atomic mass is 10.0. The zero-order valence-corrected chi connectivity index (χ0v) is 23.7. The maximum atomic E-state index is 13.6. The van der Waals surface area contributed by atoms with Crippen LogP contribution in [0.2, 0.25) is 0 Å². The van der Waals surface area contributed by atoms with Crippen LogP contribution in [0.5, 0.6) is 17.4 Å². The number of hydrogen-bond acceptors (Lipinski definition) is 9. The summed E-state index contributed by atoms with van der Waals surface area (Å²) in [5.74, 6) is 0.229. The van der Waals surface area contributed by atoms with Crippen LogP contribution in [-0.2, 0) is 17.7 Å². The quantitative estimate of drug-likeness (QED) is 0.236. The van der Waals surface area contributed by atoms with Crippen molar-refractivity contribution in [3.63, 3.8) is 0 Å². The van der Waals surface area contributed by atoms with Crippen molar-refractivity contribution in [1.29, 1.82) is 0 Å². The van der Waals surface area contributed by atoms with Gasteiger partial charge in [-0.25, -0.2) is 14.4 Å². The number of fused-ring (bicyclic) bond motifs is 2. The lowest BCUT2D eigenvalue weighted by Crippen LogP contribution is -2.29. The molecule has 10 heteroatoms. The highest BCUT2D eigenvalue weighted by molar-refractivity contribution is 7.16. The zero-order valence-electron chi connectivity index (χ0n) is 22.9. The van der Waals surface area contributed by atoms with Gasteiger partial charge in [-0.3, -0.25) is 9.69 Å². The summed E-state index contributed by atoms with van der Waals surface area (Å²) in [6.07, 6.45) is 2.26. The Kier molecular flexibility index (Phi) is 7.90. The molecule has 4 aromatic rings. The molecule has 1 N–H and O–H groups in total. The summed E-state index contributed by atoms with van der Waals surface area (Å²) in [4.78, 5) is 34.7. The summed E-state index contributed by atoms with van der Waals surface area (Å²) in [7, 11) is 3.03. The molecule has 0 bridgehead atoms. The van der Waals surface area contributed by atoms with E-state index in [4.69, 9.17) is 19.2 Å². The molecule has 208 valence electrons. The van der Waals surface area contributed by atoms with Crippen LogP contribution in [0.4, 0.5) is 5.00 Å². The third kappa shape index (κ3) is 4.84. The van der Waals surface area contributed by atoms with Gasteiger partial charge in [0.15, 0.2) is 11.5 Å². The van der Waals surface area contributed by atoms with Crippen LogP contribution >= 0.6 is 11.3 Å². The van der Waals surface area contributed by atoms with E-state index in [0.717, 1.165) is 36.5 Å². The first-order chi connectivity index (χ1) is 19.4. The van der Waals surface area contributed by atoms with Gasteiger partial charge in [0.2, 0.25) is 5.88 Å². The maximum Gasteiger partial charge on any atom is 0.341 e. The lowest BCUT2D eigenvalue weighted by molar-refractivity contribution is 0.0526. The highest BCUT2D eigenvalue weighted by atomic mass is 32.1. The van der Waals surface area contributed by atoms with Gasteiger partial charge in [0.05, 0.1) is 37.6 Å². The Hall–Kier alpha value is -4.15. The van der Waals surface area contributed by atoms with E-state index in [1.807, 2.05) is 0 Å². The van der Waals surface area contributed by atoms with Gasteiger partial charge in [-0.2, -0.15) is 0 Å². The van der Waals surface area contributed by atoms with Crippen molar-refractivity contribution in [2.24, 2.45) is 4.99 Å². The molecule has 0 saturated carbocycles. The molecule has 0 radical (unpaired) electrons. The molecule has 0 unspecified atom stereocenters. The molecule has 40 heavy (non-hydrogen) atoms. The fourth-order valence-electron chi connectivity index (χ4n) is 5.03. The number of esters is 1. The molecule has 0 saturated heterocycles. The molecule has 1 aliphatic heterocycles. The molecular formula is C30H31N3O6S. The maximum absolute atomic E-state index is 13.6. The number of nitrogens with zero attached hydrogens (tertiary/aromatic N) is 3. The Morgan fingerprint density at radius 2 is 1.85 bits per heavy atom. The van der Waals surface area contributed by atoms with E-state index in [1.54, 1.807) is 49.4 Å². The van der Waals surface area contributed by atoms with Gasteiger partial charge in [0.25, 0.3) is 5.56 Å². The second kappa shape index (κ2) is 11.5. The van der Waals surface area contributed by atoms with E-state index < -0.39 is 11.5 Å². The number of ether oxygens (including phenoxy) is 3. The van der Waals surface area contributed by atoms with Crippen LogP contribution < -0.4 is 15.0 Å². The van der Waals surface area contributed by atoms with E-state index in [1.165, 1.54) is 36.3 Å². The Balaban J connectivity index is 1.68. The molecule has 0 amide bonds. The fraction of sp³-hybridized carbons (Fsp3) is 0.300. The van der Waals surface area contributed by atoms with Crippen LogP contribution in [0.25, 0.3) is 16.5 Å². The summed E-state index contributed by atoms with van der Waals surface area (Å²) in [6.45, 7) is 6.68. The van der Waals surface area contributed by atoms with Crippen molar-refractivity contribution < 1.29 is 24.1 Å². The normalized spacial score (nSPS) is 13.5. The number of aromatic hydroxyl groups is 1. The van der Waals surface area contributed by atoms with Crippen molar-refractivity contribution >= 4 is 39.3 Å². The number of aliphatic imine (C=N–C) groups is 1. The number of carbonyl (C=O) groups excluding carboxylic acids is 1. The molecule has 2 aromatic heterocycles. The van der Waals surface area contributed by atoms with E-state index >= 15 is 0 Å². The number of rotatable bonds is 8. The number of carbonyl (C=O) groups is 1. The Labute approximate surface area is 235 Å². The molecule has 0 fully saturated rings. The topological polar surface area (TPSA) is 103 Å². The number of pyridine rings is 1. The van der Waals surface area contributed by atoms with Gasteiger partial charge in [0.1, 0.15) is 5.00 Å². The van der Waals surface area contributed by atoms with Crippen molar-refractivity contribution in [2.45, 2.75) is 26.8 Å². The van der Waals surface area contributed by atoms with Crippen molar-refractivity contribution in [1.82, 2.24) is 9.47 Å². The molecule has 2 aromatic carbocycles.